The average molecular weight is 843 g/mol. The number of hydrogen-bond acceptors (Lipinski definition) is 7. The molecule has 0 bridgehead atoms. The number of benzene rings is 1. The van der Waals surface area contributed by atoms with E-state index in [0.29, 0.717) is 6.42 Å². The third-order valence-corrected chi connectivity index (χ3v) is 13.2. The molecule has 7 nitrogen and oxygen atoms in total. The van der Waals surface area contributed by atoms with Gasteiger partial charge in [-0.25, -0.2) is 0 Å². The number of rotatable bonds is 42. The van der Waals surface area contributed by atoms with E-state index < -0.39 is 40.4 Å². The van der Waals surface area contributed by atoms with Crippen LogP contribution in [0.3, 0.4) is 0 Å². The lowest BCUT2D eigenvalue weighted by molar-refractivity contribution is -0.173. The zero-order valence-electron chi connectivity index (χ0n) is 37.8. The van der Waals surface area contributed by atoms with Gasteiger partial charge in [0.1, 0.15) is 5.60 Å². The van der Waals surface area contributed by atoms with Crippen LogP contribution in [-0.2, 0) is 19.2 Å². The molecule has 0 aliphatic carbocycles. The van der Waals surface area contributed by atoms with Crippen LogP contribution in [0.5, 0.6) is 0 Å². The molecule has 3 unspecified atom stereocenters. The lowest BCUT2D eigenvalue weighted by Crippen LogP contribution is -2.61. The lowest BCUT2D eigenvalue weighted by Gasteiger charge is -2.55. The van der Waals surface area contributed by atoms with Gasteiger partial charge in [-0.05, 0) is 38.2 Å². The van der Waals surface area contributed by atoms with Gasteiger partial charge in [0.05, 0.1) is 18.8 Å². The van der Waals surface area contributed by atoms with Crippen molar-refractivity contribution in [3.63, 3.8) is 0 Å². The van der Waals surface area contributed by atoms with E-state index in [1.54, 1.807) is 0 Å². The summed E-state index contributed by atoms with van der Waals surface area (Å²) >= 11 is 0. The predicted molar refractivity (Wildman–Crippen MR) is 245 cm³/mol. The average Bonchev–Trinajstić information content (AvgIpc) is 3.20. The van der Waals surface area contributed by atoms with Crippen molar-refractivity contribution in [2.75, 3.05) is 6.61 Å². The highest BCUT2D eigenvalue weighted by molar-refractivity contribution is 7.39. The SMILES string of the molecule is CCCCCCCCCC(OC(C)COP(O)O)C(CCCCCCCCC)(OP(O)O)C(CCCCCCCCC)(CCCCCCCCC)c1ccccc1. The highest BCUT2D eigenvalue weighted by atomic mass is 31.2. The highest BCUT2D eigenvalue weighted by Gasteiger charge is 2.58. The van der Waals surface area contributed by atoms with E-state index in [9.17, 15) is 19.6 Å². The van der Waals surface area contributed by atoms with Crippen molar-refractivity contribution in [3.05, 3.63) is 35.9 Å². The fourth-order valence-electron chi connectivity index (χ4n) is 9.19. The van der Waals surface area contributed by atoms with Gasteiger partial charge >= 0.3 is 17.2 Å². The second-order valence-electron chi connectivity index (χ2n) is 17.2. The summed E-state index contributed by atoms with van der Waals surface area (Å²) in [4.78, 5) is 41.8. The Hall–Kier alpha value is -0.200. The molecule has 0 aliphatic heterocycles. The Bertz CT molecular complexity index is 982. The molecule has 3 atom stereocenters. The summed E-state index contributed by atoms with van der Waals surface area (Å²) in [6.45, 7) is 11.0. The molecular weight excluding hydrogens is 750 g/mol. The normalized spacial score (nSPS) is 14.4. The fraction of sp³-hybridized carbons (Fsp3) is 0.875. The molecule has 0 radical (unpaired) electrons. The molecule has 1 aromatic rings. The maximum absolute atomic E-state index is 11.2. The number of unbranched alkanes of at least 4 members (excludes halogenated alkanes) is 24. The van der Waals surface area contributed by atoms with Gasteiger partial charge in [0.25, 0.3) is 0 Å². The monoisotopic (exact) mass is 843 g/mol. The largest absolute Gasteiger partial charge is 0.370 e. The molecule has 336 valence electrons. The third kappa shape index (κ3) is 24.1. The van der Waals surface area contributed by atoms with Gasteiger partial charge in [0.15, 0.2) is 0 Å². The Kier molecular flexibility index (Phi) is 35.1. The second-order valence-corrected chi connectivity index (χ2v) is 18.6. The summed E-state index contributed by atoms with van der Waals surface area (Å²) in [5.41, 5.74) is -0.327. The zero-order chi connectivity index (χ0) is 41.9. The molecule has 0 aliphatic rings. The van der Waals surface area contributed by atoms with Crippen molar-refractivity contribution in [1.29, 1.82) is 0 Å². The first-order valence-corrected chi connectivity index (χ1v) is 26.4. The van der Waals surface area contributed by atoms with Crippen LogP contribution in [0, 0.1) is 0 Å². The molecule has 0 amide bonds. The minimum absolute atomic E-state index is 0.0423. The Morgan fingerprint density at radius 1 is 0.491 bits per heavy atom. The van der Waals surface area contributed by atoms with Crippen LogP contribution in [0.4, 0.5) is 0 Å². The molecule has 1 rings (SSSR count). The smallest absolute Gasteiger partial charge is 0.327 e. The maximum atomic E-state index is 11.2. The Labute approximate surface area is 355 Å². The van der Waals surface area contributed by atoms with Gasteiger partial charge in [-0.2, -0.15) is 0 Å². The Morgan fingerprint density at radius 3 is 1.28 bits per heavy atom. The topological polar surface area (TPSA) is 109 Å². The summed E-state index contributed by atoms with van der Waals surface area (Å²) in [6, 6.07) is 10.9. The first-order valence-electron chi connectivity index (χ1n) is 24.1. The molecule has 0 heterocycles. The fourth-order valence-corrected chi connectivity index (χ4v) is 10.2. The molecule has 0 spiro atoms. The quantitative estimate of drug-likeness (QED) is 0.0383. The van der Waals surface area contributed by atoms with Gasteiger partial charge in [0.2, 0.25) is 0 Å². The van der Waals surface area contributed by atoms with Gasteiger partial charge in [0, 0.05) is 5.41 Å². The Balaban J connectivity index is 3.89. The van der Waals surface area contributed by atoms with Crippen molar-refractivity contribution < 1.29 is 33.4 Å². The van der Waals surface area contributed by atoms with Crippen LogP contribution in [0.25, 0.3) is 0 Å². The van der Waals surface area contributed by atoms with E-state index in [0.717, 1.165) is 77.0 Å². The van der Waals surface area contributed by atoms with Gasteiger partial charge in [-0.15, -0.1) is 0 Å². The van der Waals surface area contributed by atoms with Crippen molar-refractivity contribution in [3.8, 4) is 0 Å². The zero-order valence-corrected chi connectivity index (χ0v) is 39.6. The molecule has 4 N–H and O–H groups in total. The standard InChI is InChI=1S/C48H92O7P2/c1-6-10-14-18-22-26-33-39-46(54-44(5)43-53-56(49)50)48(55-57(51)52,42-36-29-25-21-17-13-9-4)47(45-37-31-30-32-38-45,40-34-27-23-19-15-11-7-2)41-35-28-24-20-16-12-8-3/h30-32,37-38,44,46,49-52H,6-29,33-36,39-43H2,1-5H3. The Morgan fingerprint density at radius 2 is 0.877 bits per heavy atom. The van der Waals surface area contributed by atoms with Gasteiger partial charge in [-0.1, -0.05) is 238 Å². The summed E-state index contributed by atoms with van der Waals surface area (Å²) in [5, 5.41) is 0. The van der Waals surface area contributed by atoms with Crippen LogP contribution in [0.2, 0.25) is 0 Å². The number of hydrogen-bond donors (Lipinski definition) is 4. The predicted octanol–water partition coefficient (Wildman–Crippen LogP) is 15.5. The van der Waals surface area contributed by atoms with Crippen LogP contribution in [0.1, 0.15) is 246 Å². The summed E-state index contributed by atoms with van der Waals surface area (Å²) < 4.78 is 19.4. The minimum Gasteiger partial charge on any atom is -0.370 e. The minimum atomic E-state index is -2.73. The summed E-state index contributed by atoms with van der Waals surface area (Å²) in [5.74, 6) is 0. The molecule has 0 saturated carbocycles. The van der Waals surface area contributed by atoms with Crippen molar-refractivity contribution in [1.82, 2.24) is 0 Å². The van der Waals surface area contributed by atoms with E-state index in [4.69, 9.17) is 13.8 Å². The molecular formula is C48H92O7P2. The van der Waals surface area contributed by atoms with Crippen molar-refractivity contribution >= 4 is 17.2 Å². The highest BCUT2D eigenvalue weighted by Crippen LogP contribution is 2.56. The molecule has 0 fully saturated rings. The van der Waals surface area contributed by atoms with Crippen molar-refractivity contribution in [2.24, 2.45) is 0 Å². The van der Waals surface area contributed by atoms with E-state index >= 15 is 0 Å². The van der Waals surface area contributed by atoms with Crippen LogP contribution < -0.4 is 0 Å². The molecule has 0 aromatic heterocycles. The molecule has 57 heavy (non-hydrogen) atoms. The van der Waals surface area contributed by atoms with Crippen molar-refractivity contribution in [2.45, 2.75) is 263 Å². The van der Waals surface area contributed by atoms with Gasteiger partial charge in [-0.3, -0.25) is 0 Å². The number of ether oxygens (including phenoxy) is 1. The van der Waals surface area contributed by atoms with Crippen LogP contribution >= 0.6 is 17.2 Å². The molecule has 1 aromatic carbocycles. The van der Waals surface area contributed by atoms with Gasteiger partial charge < -0.3 is 33.4 Å². The van der Waals surface area contributed by atoms with E-state index in [1.165, 1.54) is 128 Å². The first kappa shape index (κ1) is 54.8. The van der Waals surface area contributed by atoms with E-state index in [1.807, 2.05) is 6.92 Å². The van der Waals surface area contributed by atoms with Crippen LogP contribution in [-0.4, -0.2) is 44.0 Å². The summed E-state index contributed by atoms with van der Waals surface area (Å²) in [7, 11) is -5.24. The summed E-state index contributed by atoms with van der Waals surface area (Å²) in [6.07, 6.45) is 35.4. The molecule has 9 heteroatoms. The maximum Gasteiger partial charge on any atom is 0.327 e. The third-order valence-electron chi connectivity index (χ3n) is 12.4. The molecule has 0 saturated heterocycles. The first-order chi connectivity index (χ1) is 27.7. The second kappa shape index (κ2) is 36.5. The van der Waals surface area contributed by atoms with E-state index in [-0.39, 0.29) is 6.61 Å². The lowest BCUT2D eigenvalue weighted by atomic mass is 9.57. The van der Waals surface area contributed by atoms with E-state index in [2.05, 4.69) is 58.0 Å². The van der Waals surface area contributed by atoms with Crippen LogP contribution in [0.15, 0.2) is 30.3 Å².